The van der Waals surface area contributed by atoms with Crippen LogP contribution in [0.25, 0.3) is 0 Å². The molecule has 0 saturated heterocycles. The quantitative estimate of drug-likeness (QED) is 0.741. The van der Waals surface area contributed by atoms with Gasteiger partial charge in [-0.15, -0.1) is 0 Å². The second-order valence-electron chi connectivity index (χ2n) is 5.69. The second-order valence-corrected chi connectivity index (χ2v) is 5.69. The Kier molecular flexibility index (Phi) is 3.16. The minimum atomic E-state index is 0.481. The minimum absolute atomic E-state index is 0.481. The average Bonchev–Trinajstić information content (AvgIpc) is 2.42. The number of likely N-dealkylation sites (N-methyl/N-ethyl adjacent to an activating group) is 1. The van der Waals surface area contributed by atoms with Crippen LogP contribution < -0.4 is 0 Å². The summed E-state index contributed by atoms with van der Waals surface area (Å²) in [6.45, 7) is 5.63. The van der Waals surface area contributed by atoms with E-state index in [1.807, 2.05) is 0 Å². The summed E-state index contributed by atoms with van der Waals surface area (Å²) in [6, 6.07) is 18.2. The molecule has 1 aliphatic heterocycles. The Morgan fingerprint density at radius 3 is 2.47 bits per heavy atom. The van der Waals surface area contributed by atoms with Crippen LogP contribution in [0.4, 0.5) is 0 Å². The first-order valence-electron chi connectivity index (χ1n) is 7.02. The molecule has 1 heterocycles. The first-order chi connectivity index (χ1) is 9.18. The highest BCUT2D eigenvalue weighted by Gasteiger charge is 2.31. The van der Waals surface area contributed by atoms with Crippen LogP contribution in [0.5, 0.6) is 0 Å². The van der Waals surface area contributed by atoms with Crippen molar-refractivity contribution in [1.29, 1.82) is 0 Å². The van der Waals surface area contributed by atoms with Gasteiger partial charge < -0.3 is 0 Å². The Morgan fingerprint density at radius 1 is 1.00 bits per heavy atom. The van der Waals surface area contributed by atoms with E-state index in [9.17, 15) is 0 Å². The highest BCUT2D eigenvalue weighted by Crippen LogP contribution is 2.38. The number of aryl methyl sites for hydroxylation is 1. The zero-order valence-electron chi connectivity index (χ0n) is 11.9. The SMILES string of the molecule is Cc1cccc2c1CN(C)[C@@H](C)C2c1ccccc1. The van der Waals surface area contributed by atoms with Gasteiger partial charge in [0, 0.05) is 18.5 Å². The van der Waals surface area contributed by atoms with E-state index >= 15 is 0 Å². The first kappa shape index (κ1) is 12.4. The molecule has 2 aromatic rings. The van der Waals surface area contributed by atoms with Crippen molar-refractivity contribution >= 4 is 0 Å². The predicted molar refractivity (Wildman–Crippen MR) is 80.4 cm³/mol. The molecule has 98 valence electrons. The fourth-order valence-electron chi connectivity index (χ4n) is 3.26. The van der Waals surface area contributed by atoms with Crippen LogP contribution in [0.3, 0.4) is 0 Å². The van der Waals surface area contributed by atoms with E-state index < -0.39 is 0 Å². The molecule has 0 spiro atoms. The molecule has 1 unspecified atom stereocenters. The number of rotatable bonds is 1. The molecule has 2 aromatic carbocycles. The van der Waals surface area contributed by atoms with E-state index in [0.29, 0.717) is 12.0 Å². The molecular weight excluding hydrogens is 230 g/mol. The molecule has 0 fully saturated rings. The fourth-order valence-corrected chi connectivity index (χ4v) is 3.26. The molecule has 0 N–H and O–H groups in total. The van der Waals surface area contributed by atoms with E-state index in [1.54, 1.807) is 0 Å². The summed E-state index contributed by atoms with van der Waals surface area (Å²) in [6.07, 6.45) is 0. The first-order valence-corrected chi connectivity index (χ1v) is 7.02. The molecule has 2 atom stereocenters. The zero-order chi connectivity index (χ0) is 13.4. The van der Waals surface area contributed by atoms with Gasteiger partial charge in [-0.1, -0.05) is 48.5 Å². The highest BCUT2D eigenvalue weighted by atomic mass is 15.1. The van der Waals surface area contributed by atoms with Gasteiger partial charge in [-0.05, 0) is 43.1 Å². The van der Waals surface area contributed by atoms with Crippen molar-refractivity contribution in [2.45, 2.75) is 32.4 Å². The summed E-state index contributed by atoms with van der Waals surface area (Å²) in [5.74, 6) is 0.481. The van der Waals surface area contributed by atoms with Crippen molar-refractivity contribution in [2.24, 2.45) is 0 Å². The van der Waals surface area contributed by atoms with Crippen LogP contribution in [0.15, 0.2) is 48.5 Å². The fraction of sp³-hybridized carbons (Fsp3) is 0.333. The summed E-state index contributed by atoms with van der Waals surface area (Å²) >= 11 is 0. The third-order valence-electron chi connectivity index (χ3n) is 4.53. The second kappa shape index (κ2) is 4.82. The molecule has 3 rings (SSSR count). The zero-order valence-corrected chi connectivity index (χ0v) is 11.9. The summed E-state index contributed by atoms with van der Waals surface area (Å²) in [4.78, 5) is 2.47. The molecule has 1 heteroatoms. The van der Waals surface area contributed by atoms with E-state index in [0.717, 1.165) is 6.54 Å². The third-order valence-corrected chi connectivity index (χ3v) is 4.53. The van der Waals surface area contributed by atoms with Crippen molar-refractivity contribution in [1.82, 2.24) is 4.90 Å². The van der Waals surface area contributed by atoms with E-state index in [-0.39, 0.29) is 0 Å². The number of nitrogens with zero attached hydrogens (tertiary/aromatic N) is 1. The molecule has 0 saturated carbocycles. The van der Waals surface area contributed by atoms with E-state index in [4.69, 9.17) is 0 Å². The lowest BCUT2D eigenvalue weighted by atomic mass is 9.78. The van der Waals surface area contributed by atoms with E-state index in [2.05, 4.69) is 74.3 Å². The number of fused-ring (bicyclic) bond motifs is 1. The maximum atomic E-state index is 2.47. The Labute approximate surface area is 115 Å². The van der Waals surface area contributed by atoms with Gasteiger partial charge >= 0.3 is 0 Å². The Morgan fingerprint density at radius 2 is 1.74 bits per heavy atom. The van der Waals surface area contributed by atoms with Crippen molar-refractivity contribution < 1.29 is 0 Å². The topological polar surface area (TPSA) is 3.24 Å². The number of benzene rings is 2. The van der Waals surface area contributed by atoms with Crippen LogP contribution >= 0.6 is 0 Å². The van der Waals surface area contributed by atoms with Crippen LogP contribution in [-0.2, 0) is 6.54 Å². The molecule has 0 bridgehead atoms. The molecule has 19 heavy (non-hydrogen) atoms. The van der Waals surface area contributed by atoms with Crippen LogP contribution in [0, 0.1) is 6.92 Å². The lowest BCUT2D eigenvalue weighted by molar-refractivity contribution is 0.211. The van der Waals surface area contributed by atoms with Gasteiger partial charge in [0.1, 0.15) is 0 Å². The standard InChI is InChI=1S/C18H21N/c1-13-8-7-11-16-17(13)12-19(3)14(2)18(16)15-9-5-4-6-10-15/h4-11,14,18H,12H2,1-3H3/t14-,18?/m0/s1. The smallest absolute Gasteiger partial charge is 0.0246 e. The molecule has 0 aromatic heterocycles. The normalized spacial score (nSPS) is 23.1. The van der Waals surface area contributed by atoms with Crippen molar-refractivity contribution in [2.75, 3.05) is 7.05 Å². The number of hydrogen-bond donors (Lipinski definition) is 0. The van der Waals surface area contributed by atoms with Crippen LogP contribution in [0.1, 0.15) is 35.1 Å². The molecule has 0 radical (unpaired) electrons. The third kappa shape index (κ3) is 2.08. The predicted octanol–water partition coefficient (Wildman–Crippen LogP) is 3.96. The Bertz CT molecular complexity index is 573. The van der Waals surface area contributed by atoms with Crippen molar-refractivity contribution in [3.05, 3.63) is 70.8 Å². The molecule has 1 nitrogen and oxygen atoms in total. The maximum absolute atomic E-state index is 2.47. The van der Waals surface area contributed by atoms with Gasteiger partial charge in [-0.25, -0.2) is 0 Å². The van der Waals surface area contributed by atoms with Gasteiger partial charge in [0.25, 0.3) is 0 Å². The van der Waals surface area contributed by atoms with Gasteiger partial charge in [-0.3, -0.25) is 4.90 Å². The Hall–Kier alpha value is -1.60. The molecule has 1 aliphatic rings. The van der Waals surface area contributed by atoms with Gasteiger partial charge in [-0.2, -0.15) is 0 Å². The maximum Gasteiger partial charge on any atom is 0.0246 e. The van der Waals surface area contributed by atoms with Gasteiger partial charge in [0.15, 0.2) is 0 Å². The largest absolute Gasteiger partial charge is 0.298 e. The molecule has 0 aliphatic carbocycles. The number of hydrogen-bond acceptors (Lipinski definition) is 1. The van der Waals surface area contributed by atoms with Crippen LogP contribution in [-0.4, -0.2) is 18.0 Å². The molecule has 0 amide bonds. The summed E-state index contributed by atoms with van der Waals surface area (Å²) in [5.41, 5.74) is 5.86. The van der Waals surface area contributed by atoms with Crippen LogP contribution in [0.2, 0.25) is 0 Å². The van der Waals surface area contributed by atoms with Crippen molar-refractivity contribution in [3.8, 4) is 0 Å². The summed E-state index contributed by atoms with van der Waals surface area (Å²) in [7, 11) is 2.23. The lowest BCUT2D eigenvalue weighted by Crippen LogP contribution is -2.39. The van der Waals surface area contributed by atoms with E-state index in [1.165, 1.54) is 22.3 Å². The van der Waals surface area contributed by atoms with Gasteiger partial charge in [0.2, 0.25) is 0 Å². The minimum Gasteiger partial charge on any atom is -0.298 e. The monoisotopic (exact) mass is 251 g/mol. The highest BCUT2D eigenvalue weighted by molar-refractivity contribution is 5.44. The van der Waals surface area contributed by atoms with Gasteiger partial charge in [0.05, 0.1) is 0 Å². The summed E-state index contributed by atoms with van der Waals surface area (Å²) in [5, 5.41) is 0. The lowest BCUT2D eigenvalue weighted by Gasteiger charge is -2.39. The molecular formula is C18H21N. The summed E-state index contributed by atoms with van der Waals surface area (Å²) < 4.78 is 0. The van der Waals surface area contributed by atoms with Crippen molar-refractivity contribution in [3.63, 3.8) is 0 Å². The average molecular weight is 251 g/mol. The Balaban J connectivity index is 2.16.